The molecule has 0 bridgehead atoms. The smallest absolute Gasteiger partial charge is 0.270 e. The number of rotatable bonds is 4. The van der Waals surface area contributed by atoms with Gasteiger partial charge in [-0.15, -0.1) is 0 Å². The van der Waals surface area contributed by atoms with Gasteiger partial charge in [-0.2, -0.15) is 0 Å². The van der Waals surface area contributed by atoms with Crippen LogP contribution in [0.5, 0.6) is 5.75 Å². The van der Waals surface area contributed by atoms with Gasteiger partial charge in [0.25, 0.3) is 5.92 Å². The van der Waals surface area contributed by atoms with E-state index in [0.717, 1.165) is 6.92 Å². The van der Waals surface area contributed by atoms with Gasteiger partial charge in [0, 0.05) is 23.5 Å². The Hall–Kier alpha value is -1.16. The topological polar surface area (TPSA) is 29.5 Å². The van der Waals surface area contributed by atoms with Gasteiger partial charge in [-0.25, -0.2) is 8.78 Å². The quantitative estimate of drug-likeness (QED) is 0.882. The summed E-state index contributed by atoms with van der Waals surface area (Å²) >= 11 is 0. The minimum absolute atomic E-state index is 0.0742. The van der Waals surface area contributed by atoms with Gasteiger partial charge in [0.05, 0.1) is 13.7 Å². The molecule has 17 heavy (non-hydrogen) atoms. The molecular formula is C13H18F2O2. The van der Waals surface area contributed by atoms with Crippen LogP contribution in [-0.2, 0) is 11.3 Å². The summed E-state index contributed by atoms with van der Waals surface area (Å²) in [7, 11) is 1.48. The van der Waals surface area contributed by atoms with Gasteiger partial charge in [0.2, 0.25) is 0 Å². The van der Waals surface area contributed by atoms with E-state index in [-0.39, 0.29) is 12.2 Å². The molecule has 0 atom stereocenters. The number of aliphatic hydroxyl groups excluding tert-OH is 1. The predicted octanol–water partition coefficient (Wildman–Crippen LogP) is 3.08. The largest absolute Gasteiger partial charge is 0.496 e. The maximum absolute atomic E-state index is 13.3. The van der Waals surface area contributed by atoms with Crippen molar-refractivity contribution >= 4 is 0 Å². The fourth-order valence-corrected chi connectivity index (χ4v) is 1.60. The maximum Gasteiger partial charge on any atom is 0.270 e. The Kier molecular flexibility index (Phi) is 3.77. The number of alkyl halides is 2. The van der Waals surface area contributed by atoms with Gasteiger partial charge in [0.15, 0.2) is 0 Å². The van der Waals surface area contributed by atoms with Crippen molar-refractivity contribution in [1.82, 2.24) is 0 Å². The first kappa shape index (κ1) is 13.9. The van der Waals surface area contributed by atoms with Crippen molar-refractivity contribution in [3.63, 3.8) is 0 Å². The number of hydrogen-bond donors (Lipinski definition) is 1. The lowest BCUT2D eigenvalue weighted by molar-refractivity contribution is 0.0172. The second-order valence-corrected chi connectivity index (χ2v) is 4.85. The van der Waals surface area contributed by atoms with E-state index in [4.69, 9.17) is 4.74 Å². The van der Waals surface area contributed by atoms with Crippen molar-refractivity contribution in [2.24, 2.45) is 0 Å². The van der Waals surface area contributed by atoms with E-state index in [9.17, 15) is 13.9 Å². The van der Waals surface area contributed by atoms with E-state index in [0.29, 0.717) is 11.3 Å². The molecule has 0 unspecified atom stereocenters. The van der Waals surface area contributed by atoms with E-state index in [1.165, 1.54) is 25.3 Å². The Bertz CT molecular complexity index is 395. The third-order valence-corrected chi connectivity index (χ3v) is 2.83. The summed E-state index contributed by atoms with van der Waals surface area (Å²) in [5.74, 6) is -2.39. The van der Waals surface area contributed by atoms with E-state index in [1.807, 2.05) is 0 Å². The molecule has 0 aromatic heterocycles. The van der Waals surface area contributed by atoms with Gasteiger partial charge >= 0.3 is 0 Å². The minimum Gasteiger partial charge on any atom is -0.496 e. The molecule has 0 saturated carbocycles. The molecule has 96 valence electrons. The lowest BCUT2D eigenvalue weighted by atomic mass is 9.83. The van der Waals surface area contributed by atoms with Crippen molar-refractivity contribution in [2.45, 2.75) is 32.1 Å². The second-order valence-electron chi connectivity index (χ2n) is 4.85. The van der Waals surface area contributed by atoms with E-state index in [1.54, 1.807) is 13.8 Å². The van der Waals surface area contributed by atoms with Crippen molar-refractivity contribution in [1.29, 1.82) is 0 Å². The zero-order chi connectivity index (χ0) is 13.3. The van der Waals surface area contributed by atoms with Gasteiger partial charge in [-0.3, -0.25) is 0 Å². The van der Waals surface area contributed by atoms with E-state index < -0.39 is 11.3 Å². The highest BCUT2D eigenvalue weighted by Crippen LogP contribution is 2.36. The van der Waals surface area contributed by atoms with Crippen LogP contribution in [0, 0.1) is 0 Å². The average molecular weight is 244 g/mol. The third-order valence-electron chi connectivity index (χ3n) is 2.83. The summed E-state index contributed by atoms with van der Waals surface area (Å²) in [5, 5.41) is 9.32. The van der Waals surface area contributed by atoms with Crippen molar-refractivity contribution in [3.8, 4) is 5.75 Å². The normalized spacial score (nSPS) is 12.6. The molecule has 1 aromatic carbocycles. The summed E-state index contributed by atoms with van der Waals surface area (Å²) in [4.78, 5) is 0. The zero-order valence-electron chi connectivity index (χ0n) is 10.6. The Morgan fingerprint density at radius 2 is 1.82 bits per heavy atom. The summed E-state index contributed by atoms with van der Waals surface area (Å²) in [6, 6.07) is 4.25. The molecule has 0 amide bonds. The van der Waals surface area contributed by atoms with Crippen LogP contribution in [0.25, 0.3) is 0 Å². The van der Waals surface area contributed by atoms with Gasteiger partial charge in [-0.1, -0.05) is 13.8 Å². The molecule has 0 aliphatic rings. The van der Waals surface area contributed by atoms with Crippen LogP contribution in [0.15, 0.2) is 18.2 Å². The molecule has 0 heterocycles. The zero-order valence-corrected chi connectivity index (χ0v) is 10.6. The number of aliphatic hydroxyl groups is 1. The number of benzene rings is 1. The fraction of sp³-hybridized carbons (Fsp3) is 0.538. The molecule has 1 N–H and O–H groups in total. The molecule has 0 spiro atoms. The second kappa shape index (κ2) is 4.61. The molecule has 0 aliphatic carbocycles. The number of hydrogen-bond acceptors (Lipinski definition) is 2. The van der Waals surface area contributed by atoms with E-state index in [2.05, 4.69) is 0 Å². The van der Waals surface area contributed by atoms with Crippen LogP contribution in [0.1, 0.15) is 31.9 Å². The van der Waals surface area contributed by atoms with Gasteiger partial charge in [0.1, 0.15) is 5.75 Å². The van der Waals surface area contributed by atoms with Gasteiger partial charge < -0.3 is 9.84 Å². The predicted molar refractivity (Wildman–Crippen MR) is 62.7 cm³/mol. The highest BCUT2D eigenvalue weighted by atomic mass is 19.3. The Morgan fingerprint density at radius 1 is 1.24 bits per heavy atom. The van der Waals surface area contributed by atoms with E-state index >= 15 is 0 Å². The number of ether oxygens (including phenoxy) is 1. The molecule has 0 saturated heterocycles. The number of methoxy groups -OCH3 is 1. The summed E-state index contributed by atoms with van der Waals surface area (Å²) < 4.78 is 31.7. The molecular weight excluding hydrogens is 226 g/mol. The molecule has 4 heteroatoms. The molecule has 0 aliphatic heterocycles. The third kappa shape index (κ3) is 2.94. The Balaban J connectivity index is 3.35. The molecule has 2 nitrogen and oxygen atoms in total. The summed E-state index contributed by atoms with van der Waals surface area (Å²) in [5.41, 5.74) is -0.108. The molecule has 0 fully saturated rings. The van der Waals surface area contributed by atoms with Crippen LogP contribution < -0.4 is 4.74 Å². The summed E-state index contributed by atoms with van der Waals surface area (Å²) in [6.45, 7) is 4.28. The first-order valence-corrected chi connectivity index (χ1v) is 5.40. The van der Waals surface area contributed by atoms with Crippen molar-refractivity contribution in [3.05, 3.63) is 29.3 Å². The average Bonchev–Trinajstić information content (AvgIpc) is 2.27. The first-order valence-electron chi connectivity index (χ1n) is 5.40. The van der Waals surface area contributed by atoms with Crippen LogP contribution in [0.3, 0.4) is 0 Å². The Morgan fingerprint density at radius 3 is 2.24 bits per heavy atom. The lowest BCUT2D eigenvalue weighted by Gasteiger charge is -2.26. The first-order chi connectivity index (χ1) is 7.72. The number of halogens is 2. The summed E-state index contributed by atoms with van der Waals surface area (Å²) in [6.07, 6.45) is 0. The Labute approximate surface area is 100 Å². The maximum atomic E-state index is 13.3. The van der Waals surface area contributed by atoms with Crippen LogP contribution in [0.4, 0.5) is 8.78 Å². The van der Waals surface area contributed by atoms with Crippen LogP contribution >= 0.6 is 0 Å². The van der Waals surface area contributed by atoms with Crippen LogP contribution in [-0.4, -0.2) is 18.8 Å². The highest BCUT2D eigenvalue weighted by Gasteiger charge is 2.29. The molecule has 0 radical (unpaired) electrons. The fourth-order valence-electron chi connectivity index (χ4n) is 1.60. The standard InChI is InChI=1S/C13H18F2O2/c1-12(2,8-16)10-7-9(13(3,14)15)5-6-11(10)17-4/h5-7,16H,8H2,1-4H3. The molecule has 1 rings (SSSR count). The minimum atomic E-state index is -2.90. The van der Waals surface area contributed by atoms with Crippen molar-refractivity contribution in [2.75, 3.05) is 13.7 Å². The monoisotopic (exact) mass is 244 g/mol. The van der Waals surface area contributed by atoms with Crippen molar-refractivity contribution < 1.29 is 18.6 Å². The SMILES string of the molecule is COc1ccc(C(C)(F)F)cc1C(C)(C)CO. The van der Waals surface area contributed by atoms with Crippen LogP contribution in [0.2, 0.25) is 0 Å². The highest BCUT2D eigenvalue weighted by molar-refractivity contribution is 5.43. The van der Waals surface area contributed by atoms with Gasteiger partial charge in [-0.05, 0) is 18.2 Å². The molecule has 1 aromatic rings. The lowest BCUT2D eigenvalue weighted by Crippen LogP contribution is -2.24.